The molecule has 5 nitrogen and oxygen atoms in total. The Bertz CT molecular complexity index is 829. The third-order valence-electron chi connectivity index (χ3n) is 6.14. The normalized spacial score (nSPS) is 21.3. The molecule has 6 heteroatoms. The van der Waals surface area contributed by atoms with Crippen LogP contribution in [0, 0.1) is 0 Å². The zero-order valence-corrected chi connectivity index (χ0v) is 18.3. The van der Waals surface area contributed by atoms with E-state index >= 15 is 0 Å². The summed E-state index contributed by atoms with van der Waals surface area (Å²) in [7, 11) is 1.75. The van der Waals surface area contributed by atoms with Crippen LogP contribution in [0.5, 0.6) is 5.75 Å². The van der Waals surface area contributed by atoms with E-state index in [0.29, 0.717) is 6.04 Å². The lowest BCUT2D eigenvalue weighted by atomic mass is 10.0. The first kappa shape index (κ1) is 20.4. The van der Waals surface area contributed by atoms with Gasteiger partial charge in [-0.3, -0.25) is 14.6 Å². The molecule has 2 aliphatic rings. The van der Waals surface area contributed by atoms with E-state index in [9.17, 15) is 4.79 Å². The lowest BCUT2D eigenvalue weighted by Gasteiger charge is -2.44. The van der Waals surface area contributed by atoms with Crippen molar-refractivity contribution in [3.8, 4) is 5.75 Å². The lowest BCUT2D eigenvalue weighted by Crippen LogP contribution is -2.55. The molecule has 0 saturated carbocycles. The molecule has 2 aromatic rings. The molecule has 29 heavy (non-hydrogen) atoms. The highest BCUT2D eigenvalue weighted by atomic mass is 32.1. The molecule has 4 rings (SSSR count). The van der Waals surface area contributed by atoms with Crippen LogP contribution in [-0.2, 0) is 6.54 Å². The minimum atomic E-state index is 0.172. The number of piperazine rings is 1. The zero-order valence-electron chi connectivity index (χ0n) is 17.5. The number of methoxy groups -OCH3 is 1. The molecule has 2 fully saturated rings. The summed E-state index contributed by atoms with van der Waals surface area (Å²) in [5.74, 6) is 1.14. The van der Waals surface area contributed by atoms with Crippen molar-refractivity contribution in [1.29, 1.82) is 0 Å². The van der Waals surface area contributed by atoms with Crippen LogP contribution in [-0.4, -0.2) is 68.0 Å². The Kier molecular flexibility index (Phi) is 6.53. The topological polar surface area (TPSA) is 36.0 Å². The first-order chi connectivity index (χ1) is 14.1. The summed E-state index contributed by atoms with van der Waals surface area (Å²) in [6.45, 7) is 9.18. The maximum Gasteiger partial charge on any atom is 0.169 e. The van der Waals surface area contributed by atoms with Gasteiger partial charge in [-0.1, -0.05) is 12.1 Å². The van der Waals surface area contributed by atoms with Crippen LogP contribution in [0.3, 0.4) is 0 Å². The number of Topliss-reactive ketones (excluding diaryl/α,β-unsaturated/α-hetero) is 1. The maximum atomic E-state index is 11.6. The highest BCUT2D eigenvalue weighted by Crippen LogP contribution is 2.29. The number of thiophene rings is 1. The van der Waals surface area contributed by atoms with E-state index < -0.39 is 0 Å². The minimum absolute atomic E-state index is 0.172. The second kappa shape index (κ2) is 9.28. The number of hydrogen-bond donors (Lipinski definition) is 0. The van der Waals surface area contributed by atoms with Crippen molar-refractivity contribution in [2.24, 2.45) is 0 Å². The van der Waals surface area contributed by atoms with E-state index in [1.54, 1.807) is 25.4 Å². The van der Waals surface area contributed by atoms with Crippen LogP contribution >= 0.6 is 11.3 Å². The highest BCUT2D eigenvalue weighted by molar-refractivity contribution is 7.12. The van der Waals surface area contributed by atoms with Gasteiger partial charge in [0.15, 0.2) is 5.78 Å². The number of likely N-dealkylation sites (tertiary alicyclic amines) is 1. The first-order valence-corrected chi connectivity index (χ1v) is 11.4. The number of ketones is 1. The summed E-state index contributed by atoms with van der Waals surface area (Å²) in [6.07, 6.45) is 2.54. The largest absolute Gasteiger partial charge is 0.495 e. The molecule has 0 aliphatic carbocycles. The van der Waals surface area contributed by atoms with Gasteiger partial charge in [0.1, 0.15) is 5.75 Å². The monoisotopic (exact) mass is 413 g/mol. The summed E-state index contributed by atoms with van der Waals surface area (Å²) in [4.78, 5) is 20.1. The molecule has 2 saturated heterocycles. The Balaban J connectivity index is 1.32. The number of rotatable bonds is 6. The van der Waals surface area contributed by atoms with Gasteiger partial charge in [0.05, 0.1) is 17.7 Å². The number of carbonyl (C=O) groups excluding carboxylic acids is 1. The van der Waals surface area contributed by atoms with Gasteiger partial charge in [0, 0.05) is 45.3 Å². The highest BCUT2D eigenvalue weighted by Gasteiger charge is 2.29. The molecular weight excluding hydrogens is 382 g/mol. The average molecular weight is 414 g/mol. The fraction of sp³-hybridized carbons (Fsp3) is 0.522. The Hall–Kier alpha value is -1.89. The van der Waals surface area contributed by atoms with E-state index in [1.165, 1.54) is 24.1 Å². The van der Waals surface area contributed by atoms with Crippen molar-refractivity contribution in [3.05, 3.63) is 46.2 Å². The average Bonchev–Trinajstić information content (AvgIpc) is 3.23. The van der Waals surface area contributed by atoms with Crippen molar-refractivity contribution in [2.75, 3.05) is 51.3 Å². The van der Waals surface area contributed by atoms with E-state index in [2.05, 4.69) is 38.3 Å². The summed E-state index contributed by atoms with van der Waals surface area (Å²) in [5.41, 5.74) is 2.49. The van der Waals surface area contributed by atoms with Gasteiger partial charge >= 0.3 is 0 Å². The quantitative estimate of drug-likeness (QED) is 0.674. The Morgan fingerprint density at radius 1 is 1.17 bits per heavy atom. The minimum Gasteiger partial charge on any atom is -0.495 e. The Morgan fingerprint density at radius 2 is 1.97 bits per heavy atom. The van der Waals surface area contributed by atoms with Gasteiger partial charge in [-0.15, -0.1) is 11.3 Å². The van der Waals surface area contributed by atoms with Crippen molar-refractivity contribution in [2.45, 2.75) is 32.4 Å². The van der Waals surface area contributed by atoms with Crippen molar-refractivity contribution >= 4 is 22.8 Å². The molecule has 1 atom stereocenters. The van der Waals surface area contributed by atoms with Gasteiger partial charge in [-0.05, 0) is 55.5 Å². The summed E-state index contributed by atoms with van der Waals surface area (Å²) >= 11 is 1.57. The molecule has 0 spiro atoms. The van der Waals surface area contributed by atoms with Gasteiger partial charge in [0.25, 0.3) is 0 Å². The molecule has 1 aromatic carbocycles. The Morgan fingerprint density at radius 3 is 2.69 bits per heavy atom. The SMILES string of the molecule is COc1ccccc1N1CCN([C@H]2CCCN(Cc3csc(C(C)=O)c3)C2)CC1. The predicted molar refractivity (Wildman–Crippen MR) is 119 cm³/mol. The number of piperidine rings is 1. The molecule has 156 valence electrons. The van der Waals surface area contributed by atoms with Gasteiger partial charge in [-0.2, -0.15) is 0 Å². The molecule has 0 bridgehead atoms. The standard InChI is InChI=1S/C23H31N3O2S/c1-18(27)23-14-19(17-29-23)15-24-9-5-6-20(16-24)25-10-12-26(13-11-25)21-7-3-4-8-22(21)28-2/h3-4,7-8,14,17,20H,5-6,9-13,15-16H2,1-2H3/t20-/m0/s1. The predicted octanol–water partition coefficient (Wildman–Crippen LogP) is 3.75. The van der Waals surface area contributed by atoms with Crippen LogP contribution in [0.15, 0.2) is 35.7 Å². The number of nitrogens with zero attached hydrogens (tertiary/aromatic N) is 3. The van der Waals surface area contributed by atoms with E-state index in [0.717, 1.165) is 56.4 Å². The van der Waals surface area contributed by atoms with Crippen LogP contribution in [0.1, 0.15) is 35.0 Å². The molecule has 3 heterocycles. The number of carbonyl (C=O) groups is 1. The summed E-state index contributed by atoms with van der Waals surface area (Å²) in [5, 5.41) is 2.15. The second-order valence-electron chi connectivity index (χ2n) is 8.10. The fourth-order valence-electron chi connectivity index (χ4n) is 4.59. The summed E-state index contributed by atoms with van der Waals surface area (Å²) in [6, 6.07) is 11.0. The van der Waals surface area contributed by atoms with Crippen LogP contribution in [0.25, 0.3) is 0 Å². The van der Waals surface area contributed by atoms with Gasteiger partial charge in [0.2, 0.25) is 0 Å². The molecule has 0 N–H and O–H groups in total. The number of benzene rings is 1. The molecule has 2 aliphatic heterocycles. The van der Waals surface area contributed by atoms with Crippen molar-refractivity contribution in [1.82, 2.24) is 9.80 Å². The number of anilines is 1. The maximum absolute atomic E-state index is 11.6. The van der Waals surface area contributed by atoms with E-state index in [-0.39, 0.29) is 5.78 Å². The van der Waals surface area contributed by atoms with E-state index in [4.69, 9.17) is 4.74 Å². The van der Waals surface area contributed by atoms with Crippen LogP contribution < -0.4 is 9.64 Å². The van der Waals surface area contributed by atoms with Crippen molar-refractivity contribution in [3.63, 3.8) is 0 Å². The number of para-hydroxylation sites is 2. The van der Waals surface area contributed by atoms with Crippen LogP contribution in [0.4, 0.5) is 5.69 Å². The number of ether oxygens (including phenoxy) is 1. The van der Waals surface area contributed by atoms with E-state index in [1.807, 2.05) is 12.1 Å². The lowest BCUT2D eigenvalue weighted by molar-refractivity contribution is 0.0887. The molecule has 1 aromatic heterocycles. The fourth-order valence-corrected chi connectivity index (χ4v) is 5.40. The third-order valence-corrected chi connectivity index (χ3v) is 7.22. The van der Waals surface area contributed by atoms with Crippen molar-refractivity contribution < 1.29 is 9.53 Å². The second-order valence-corrected chi connectivity index (χ2v) is 9.01. The first-order valence-electron chi connectivity index (χ1n) is 10.6. The molecule has 0 unspecified atom stereocenters. The molecule has 0 radical (unpaired) electrons. The Labute approximate surface area is 177 Å². The summed E-state index contributed by atoms with van der Waals surface area (Å²) < 4.78 is 5.55. The molecule has 0 amide bonds. The van der Waals surface area contributed by atoms with Gasteiger partial charge in [-0.25, -0.2) is 0 Å². The number of hydrogen-bond acceptors (Lipinski definition) is 6. The third kappa shape index (κ3) is 4.82. The zero-order chi connectivity index (χ0) is 20.2. The smallest absolute Gasteiger partial charge is 0.169 e. The van der Waals surface area contributed by atoms with Crippen LogP contribution in [0.2, 0.25) is 0 Å². The van der Waals surface area contributed by atoms with Gasteiger partial charge < -0.3 is 9.64 Å². The molecular formula is C23H31N3O2S.